The largest absolute Gasteiger partial charge is 0.497 e. The second kappa shape index (κ2) is 10.5. The predicted octanol–water partition coefficient (Wildman–Crippen LogP) is 3.55. The van der Waals surface area contributed by atoms with Gasteiger partial charge in [0.1, 0.15) is 5.75 Å². The lowest BCUT2D eigenvalue weighted by Crippen LogP contribution is -2.46. The van der Waals surface area contributed by atoms with Crippen molar-refractivity contribution >= 4 is 17.7 Å². The Balaban J connectivity index is 1.61. The number of hydrogen-bond donors (Lipinski definition) is 0. The Labute approximate surface area is 202 Å². The van der Waals surface area contributed by atoms with Gasteiger partial charge in [-0.15, -0.1) is 0 Å². The van der Waals surface area contributed by atoms with E-state index in [1.165, 1.54) is 4.90 Å². The molecule has 0 N–H and O–H groups in total. The summed E-state index contributed by atoms with van der Waals surface area (Å²) in [6.07, 6.45) is 5.08. The van der Waals surface area contributed by atoms with Gasteiger partial charge in [0.25, 0.3) is 0 Å². The van der Waals surface area contributed by atoms with Gasteiger partial charge in [0.15, 0.2) is 0 Å². The molecule has 2 saturated heterocycles. The van der Waals surface area contributed by atoms with Gasteiger partial charge in [-0.3, -0.25) is 19.3 Å². The number of nitrogens with zero attached hydrogens (tertiary/aromatic N) is 2. The van der Waals surface area contributed by atoms with E-state index in [4.69, 9.17) is 9.47 Å². The van der Waals surface area contributed by atoms with Crippen LogP contribution in [0.25, 0.3) is 0 Å². The maximum absolute atomic E-state index is 13.8. The Morgan fingerprint density at radius 2 is 1.91 bits per heavy atom. The number of rotatable bonds is 11. The van der Waals surface area contributed by atoms with Crippen LogP contribution >= 0.6 is 0 Å². The summed E-state index contributed by atoms with van der Waals surface area (Å²) in [5, 5.41) is 0. The Kier molecular flexibility index (Phi) is 7.60. The zero-order chi connectivity index (χ0) is 24.3. The molecule has 4 rings (SSSR count). The Morgan fingerprint density at radius 3 is 2.50 bits per heavy atom. The normalized spacial score (nSPS) is 24.8. The number of imide groups is 1. The maximum atomic E-state index is 13.8. The smallest absolute Gasteiger partial charge is 0.240 e. The fourth-order valence-corrected chi connectivity index (χ4v) is 5.08. The third-order valence-electron chi connectivity index (χ3n) is 7.41. The van der Waals surface area contributed by atoms with Crippen molar-refractivity contribution in [3.05, 3.63) is 29.8 Å². The zero-order valence-corrected chi connectivity index (χ0v) is 20.8. The van der Waals surface area contributed by atoms with E-state index >= 15 is 0 Å². The van der Waals surface area contributed by atoms with Gasteiger partial charge in [-0.05, 0) is 61.6 Å². The molecule has 1 aromatic carbocycles. The summed E-state index contributed by atoms with van der Waals surface area (Å²) in [6.45, 7) is 6.55. The maximum Gasteiger partial charge on any atom is 0.240 e. The van der Waals surface area contributed by atoms with Crippen molar-refractivity contribution in [2.45, 2.75) is 70.3 Å². The topological polar surface area (TPSA) is 76.2 Å². The highest BCUT2D eigenvalue weighted by atomic mass is 16.5. The number of ether oxygens (including phenoxy) is 2. The molecule has 3 aliphatic rings. The van der Waals surface area contributed by atoms with Gasteiger partial charge in [0.05, 0.1) is 18.6 Å². The Bertz CT molecular complexity index is 889. The molecule has 34 heavy (non-hydrogen) atoms. The van der Waals surface area contributed by atoms with Crippen LogP contribution in [0, 0.1) is 11.8 Å². The van der Waals surface area contributed by atoms with Crippen LogP contribution in [0.15, 0.2) is 24.3 Å². The molecule has 186 valence electrons. The van der Waals surface area contributed by atoms with Crippen LogP contribution in [0.4, 0.5) is 0 Å². The van der Waals surface area contributed by atoms with Crippen LogP contribution in [-0.2, 0) is 24.5 Å². The first-order valence-corrected chi connectivity index (χ1v) is 12.7. The van der Waals surface area contributed by atoms with Crippen LogP contribution < -0.4 is 4.74 Å². The molecule has 0 spiro atoms. The van der Waals surface area contributed by atoms with Gasteiger partial charge in [-0.1, -0.05) is 26.0 Å². The van der Waals surface area contributed by atoms with Crippen molar-refractivity contribution in [1.82, 2.24) is 9.80 Å². The number of likely N-dealkylation sites (tertiary alicyclic amines) is 1. The molecule has 1 aliphatic carbocycles. The van der Waals surface area contributed by atoms with Crippen molar-refractivity contribution in [1.29, 1.82) is 0 Å². The van der Waals surface area contributed by atoms with E-state index in [9.17, 15) is 14.4 Å². The minimum absolute atomic E-state index is 0.00151. The fourth-order valence-electron chi connectivity index (χ4n) is 5.08. The van der Waals surface area contributed by atoms with Gasteiger partial charge in [0.2, 0.25) is 17.7 Å². The monoisotopic (exact) mass is 470 g/mol. The second-order valence-corrected chi connectivity index (χ2v) is 10.6. The molecule has 1 saturated carbocycles. The first-order chi connectivity index (χ1) is 16.3. The van der Waals surface area contributed by atoms with Gasteiger partial charge in [-0.25, -0.2) is 0 Å². The molecule has 2 atom stereocenters. The van der Waals surface area contributed by atoms with Crippen LogP contribution in [0.1, 0.15) is 64.4 Å². The van der Waals surface area contributed by atoms with Crippen molar-refractivity contribution in [3.63, 3.8) is 0 Å². The second-order valence-electron chi connectivity index (χ2n) is 10.6. The summed E-state index contributed by atoms with van der Waals surface area (Å²) in [4.78, 5) is 43.9. The molecular weight excluding hydrogens is 432 g/mol. The van der Waals surface area contributed by atoms with Gasteiger partial charge < -0.3 is 14.4 Å². The molecule has 0 radical (unpaired) electrons. The molecule has 0 aromatic heterocycles. The first-order valence-electron chi connectivity index (χ1n) is 12.7. The number of benzene rings is 1. The van der Waals surface area contributed by atoms with Gasteiger partial charge in [0, 0.05) is 39.1 Å². The van der Waals surface area contributed by atoms with Crippen molar-refractivity contribution in [2.24, 2.45) is 11.8 Å². The standard InChI is InChI=1S/C27H38N2O5/c1-19(2)12-13-29-25(31)16-27(26(29)32,21-8-10-22(33-3)11-9-21)15-24(30)28(17-20-6-7-20)18-23-5-4-14-34-23/h8-11,19-20,23H,4-7,12-18H2,1-3H3/t23-,27-/m1/s1. The minimum atomic E-state index is -1.17. The third kappa shape index (κ3) is 5.45. The highest BCUT2D eigenvalue weighted by Crippen LogP contribution is 2.41. The van der Waals surface area contributed by atoms with Crippen LogP contribution in [-0.4, -0.2) is 67.0 Å². The van der Waals surface area contributed by atoms with Crippen molar-refractivity contribution in [3.8, 4) is 5.75 Å². The van der Waals surface area contributed by atoms with E-state index in [2.05, 4.69) is 13.8 Å². The molecule has 7 heteroatoms. The van der Waals surface area contributed by atoms with Gasteiger partial charge >= 0.3 is 0 Å². The predicted molar refractivity (Wildman–Crippen MR) is 128 cm³/mol. The number of hydrogen-bond acceptors (Lipinski definition) is 5. The van der Waals surface area contributed by atoms with E-state index in [0.29, 0.717) is 42.8 Å². The third-order valence-corrected chi connectivity index (χ3v) is 7.41. The molecule has 3 amide bonds. The Morgan fingerprint density at radius 1 is 1.18 bits per heavy atom. The molecule has 0 unspecified atom stereocenters. The Hall–Kier alpha value is -2.41. The summed E-state index contributed by atoms with van der Waals surface area (Å²) in [7, 11) is 1.59. The summed E-state index contributed by atoms with van der Waals surface area (Å²) < 4.78 is 11.1. The van der Waals surface area contributed by atoms with Crippen LogP contribution in [0.2, 0.25) is 0 Å². The van der Waals surface area contributed by atoms with Crippen LogP contribution in [0.3, 0.4) is 0 Å². The highest BCUT2D eigenvalue weighted by molar-refractivity contribution is 6.10. The lowest BCUT2D eigenvalue weighted by Gasteiger charge is -2.32. The molecule has 2 aliphatic heterocycles. The average Bonchev–Trinajstić information content (AvgIpc) is 3.42. The number of methoxy groups -OCH3 is 1. The summed E-state index contributed by atoms with van der Waals surface area (Å²) in [5.74, 6) is 1.07. The summed E-state index contributed by atoms with van der Waals surface area (Å²) >= 11 is 0. The number of carbonyl (C=O) groups excluding carboxylic acids is 3. The number of amides is 3. The minimum Gasteiger partial charge on any atom is -0.497 e. The number of carbonyl (C=O) groups is 3. The molecule has 1 aromatic rings. The lowest BCUT2D eigenvalue weighted by atomic mass is 9.75. The average molecular weight is 471 g/mol. The lowest BCUT2D eigenvalue weighted by molar-refractivity contribution is -0.143. The van der Waals surface area contributed by atoms with Gasteiger partial charge in [-0.2, -0.15) is 0 Å². The molecular formula is C27H38N2O5. The van der Waals surface area contributed by atoms with E-state index in [1.54, 1.807) is 19.2 Å². The summed E-state index contributed by atoms with van der Waals surface area (Å²) in [5.41, 5.74) is -0.467. The SMILES string of the molecule is COc1ccc([C@@]2(CC(=O)N(CC3CC3)C[C@H]3CCCO3)CC(=O)N(CCC(C)C)C2=O)cc1. The highest BCUT2D eigenvalue weighted by Gasteiger charge is 2.54. The van der Waals surface area contributed by atoms with E-state index in [1.807, 2.05) is 17.0 Å². The zero-order valence-electron chi connectivity index (χ0n) is 20.8. The molecule has 0 bridgehead atoms. The summed E-state index contributed by atoms with van der Waals surface area (Å²) in [6, 6.07) is 7.25. The molecule has 3 fully saturated rings. The van der Waals surface area contributed by atoms with Crippen molar-refractivity contribution < 1.29 is 23.9 Å². The van der Waals surface area contributed by atoms with Crippen LogP contribution in [0.5, 0.6) is 5.75 Å². The quantitative estimate of drug-likeness (QED) is 0.463. The van der Waals surface area contributed by atoms with E-state index in [-0.39, 0.29) is 36.7 Å². The first kappa shape index (κ1) is 24.7. The molecule has 2 heterocycles. The van der Waals surface area contributed by atoms with E-state index in [0.717, 1.165) is 38.7 Å². The fraction of sp³-hybridized carbons (Fsp3) is 0.667. The van der Waals surface area contributed by atoms with Crippen molar-refractivity contribution in [2.75, 3.05) is 33.4 Å². The molecule has 7 nitrogen and oxygen atoms in total. The van der Waals surface area contributed by atoms with E-state index < -0.39 is 5.41 Å².